The second kappa shape index (κ2) is 7.59. The van der Waals surface area contributed by atoms with Crippen molar-refractivity contribution in [3.8, 4) is 0 Å². The Morgan fingerprint density at radius 2 is 1.90 bits per heavy atom. The summed E-state index contributed by atoms with van der Waals surface area (Å²) in [7, 11) is 0. The Kier molecular flexibility index (Phi) is 5.79. The topological polar surface area (TPSA) is 40.5 Å². The quantitative estimate of drug-likeness (QED) is 0.873. The van der Waals surface area contributed by atoms with Gasteiger partial charge in [-0.05, 0) is 23.8 Å². The van der Waals surface area contributed by atoms with Gasteiger partial charge in [0.25, 0.3) is 5.91 Å². The molecule has 110 valence electrons. The lowest BCUT2D eigenvalue weighted by molar-refractivity contribution is 0.0708. The number of benzene rings is 2. The van der Waals surface area contributed by atoms with Gasteiger partial charge in [-0.25, -0.2) is 0 Å². The van der Waals surface area contributed by atoms with Crippen molar-refractivity contribution in [3.05, 3.63) is 69.2 Å². The first kappa shape index (κ1) is 16.0. The van der Waals surface area contributed by atoms with Gasteiger partial charge in [0.15, 0.2) is 0 Å². The number of aliphatic hydroxyl groups excluding tert-OH is 1. The van der Waals surface area contributed by atoms with E-state index >= 15 is 0 Å². The zero-order chi connectivity index (χ0) is 15.2. The molecule has 2 aromatic carbocycles. The second-order valence-corrected chi connectivity index (χ2v) is 5.88. The van der Waals surface area contributed by atoms with Gasteiger partial charge in [0.1, 0.15) is 0 Å². The summed E-state index contributed by atoms with van der Waals surface area (Å²) in [6, 6.07) is 14.8. The highest BCUT2D eigenvalue weighted by Gasteiger charge is 2.18. The summed E-state index contributed by atoms with van der Waals surface area (Å²) in [6.45, 7) is 0.611. The third kappa shape index (κ3) is 4.30. The monoisotopic (exact) mass is 367 g/mol. The van der Waals surface area contributed by atoms with Crippen LogP contribution in [0.1, 0.15) is 15.9 Å². The van der Waals surface area contributed by atoms with Crippen LogP contribution in [0.15, 0.2) is 53.0 Å². The first-order valence-electron chi connectivity index (χ1n) is 6.51. The van der Waals surface area contributed by atoms with E-state index in [0.717, 1.165) is 10.0 Å². The highest BCUT2D eigenvalue weighted by atomic mass is 79.9. The van der Waals surface area contributed by atoms with Crippen molar-refractivity contribution in [2.45, 2.75) is 6.54 Å². The van der Waals surface area contributed by atoms with E-state index < -0.39 is 0 Å². The van der Waals surface area contributed by atoms with Gasteiger partial charge in [-0.3, -0.25) is 4.79 Å². The normalized spacial score (nSPS) is 10.4. The van der Waals surface area contributed by atoms with Gasteiger partial charge in [0.2, 0.25) is 0 Å². The number of halogens is 2. The Labute approximate surface area is 137 Å². The number of hydrogen-bond donors (Lipinski definition) is 1. The molecule has 0 spiro atoms. The van der Waals surface area contributed by atoms with Crippen molar-refractivity contribution in [2.75, 3.05) is 13.2 Å². The van der Waals surface area contributed by atoms with E-state index in [-0.39, 0.29) is 19.1 Å². The molecule has 0 fully saturated rings. The van der Waals surface area contributed by atoms with Crippen molar-refractivity contribution in [2.24, 2.45) is 0 Å². The molecule has 1 N–H and O–H groups in total. The zero-order valence-corrected chi connectivity index (χ0v) is 13.6. The lowest BCUT2D eigenvalue weighted by atomic mass is 10.1. The van der Waals surface area contributed by atoms with Gasteiger partial charge in [-0.2, -0.15) is 0 Å². The van der Waals surface area contributed by atoms with Gasteiger partial charge in [0, 0.05) is 17.6 Å². The van der Waals surface area contributed by atoms with Crippen LogP contribution >= 0.6 is 27.5 Å². The fourth-order valence-corrected chi connectivity index (χ4v) is 2.76. The van der Waals surface area contributed by atoms with Crippen molar-refractivity contribution >= 4 is 33.4 Å². The molecular weight excluding hydrogens is 354 g/mol. The predicted octanol–water partition coefficient (Wildman–Crippen LogP) is 3.74. The molecule has 0 aliphatic carbocycles. The summed E-state index contributed by atoms with van der Waals surface area (Å²) in [6.07, 6.45) is 0. The summed E-state index contributed by atoms with van der Waals surface area (Å²) in [5.41, 5.74) is 1.44. The van der Waals surface area contributed by atoms with Crippen LogP contribution in [0.3, 0.4) is 0 Å². The molecule has 21 heavy (non-hydrogen) atoms. The smallest absolute Gasteiger partial charge is 0.255 e. The number of carbonyl (C=O) groups excluding carboxylic acids is 1. The van der Waals surface area contributed by atoms with Crippen LogP contribution in [0, 0.1) is 0 Å². The molecule has 0 bridgehead atoms. The summed E-state index contributed by atoms with van der Waals surface area (Å²) in [4.78, 5) is 14.2. The molecule has 5 heteroatoms. The van der Waals surface area contributed by atoms with E-state index in [1.807, 2.05) is 30.3 Å². The van der Waals surface area contributed by atoms with Crippen molar-refractivity contribution < 1.29 is 9.90 Å². The minimum atomic E-state index is -0.189. The van der Waals surface area contributed by atoms with E-state index in [1.54, 1.807) is 23.1 Å². The number of carbonyl (C=O) groups is 1. The van der Waals surface area contributed by atoms with E-state index in [2.05, 4.69) is 15.9 Å². The molecule has 3 nitrogen and oxygen atoms in total. The SMILES string of the molecule is O=C(c1ccc(Br)cc1Cl)N(CCO)Cc1ccccc1. The maximum atomic E-state index is 12.6. The summed E-state index contributed by atoms with van der Waals surface area (Å²) < 4.78 is 0.820. The summed E-state index contributed by atoms with van der Waals surface area (Å²) >= 11 is 9.45. The summed E-state index contributed by atoms with van der Waals surface area (Å²) in [5.74, 6) is -0.189. The highest BCUT2D eigenvalue weighted by molar-refractivity contribution is 9.10. The summed E-state index contributed by atoms with van der Waals surface area (Å²) in [5, 5.41) is 9.58. The lowest BCUT2D eigenvalue weighted by Gasteiger charge is -2.22. The Morgan fingerprint density at radius 3 is 2.52 bits per heavy atom. The molecule has 2 rings (SSSR count). The number of amides is 1. The Morgan fingerprint density at radius 1 is 1.19 bits per heavy atom. The third-order valence-electron chi connectivity index (χ3n) is 3.03. The van der Waals surface area contributed by atoms with E-state index in [4.69, 9.17) is 11.6 Å². The van der Waals surface area contributed by atoms with Crippen LogP contribution < -0.4 is 0 Å². The Hall–Kier alpha value is -1.36. The average molecular weight is 369 g/mol. The van der Waals surface area contributed by atoms with Crippen molar-refractivity contribution in [3.63, 3.8) is 0 Å². The molecule has 0 aromatic heterocycles. The number of nitrogens with zero attached hydrogens (tertiary/aromatic N) is 1. The number of aliphatic hydroxyl groups is 1. The van der Waals surface area contributed by atoms with Crippen molar-refractivity contribution in [1.29, 1.82) is 0 Å². The van der Waals surface area contributed by atoms with E-state index in [9.17, 15) is 9.90 Å². The maximum Gasteiger partial charge on any atom is 0.255 e. The molecule has 0 unspecified atom stereocenters. The van der Waals surface area contributed by atoms with Crippen LogP contribution in [0.2, 0.25) is 5.02 Å². The van der Waals surface area contributed by atoms with E-state index in [0.29, 0.717) is 17.1 Å². The fraction of sp³-hybridized carbons (Fsp3) is 0.188. The Balaban J connectivity index is 2.23. The highest BCUT2D eigenvalue weighted by Crippen LogP contribution is 2.23. The molecule has 2 aromatic rings. The Bertz CT molecular complexity index is 619. The van der Waals surface area contributed by atoms with Crippen LogP contribution in [0.4, 0.5) is 0 Å². The second-order valence-electron chi connectivity index (χ2n) is 4.56. The van der Waals surface area contributed by atoms with Crippen LogP contribution in [0.25, 0.3) is 0 Å². The molecule has 0 aliphatic heterocycles. The molecule has 0 radical (unpaired) electrons. The molecule has 1 amide bonds. The molecule has 0 saturated heterocycles. The number of rotatable bonds is 5. The molecule has 0 saturated carbocycles. The lowest BCUT2D eigenvalue weighted by Crippen LogP contribution is -2.33. The average Bonchev–Trinajstić information content (AvgIpc) is 2.47. The fourth-order valence-electron chi connectivity index (χ4n) is 2.01. The van der Waals surface area contributed by atoms with Crippen LogP contribution in [0.5, 0.6) is 0 Å². The minimum Gasteiger partial charge on any atom is -0.395 e. The maximum absolute atomic E-state index is 12.6. The van der Waals surface area contributed by atoms with Gasteiger partial charge < -0.3 is 10.0 Å². The van der Waals surface area contributed by atoms with Crippen LogP contribution in [-0.4, -0.2) is 29.1 Å². The van der Waals surface area contributed by atoms with Crippen LogP contribution in [-0.2, 0) is 6.54 Å². The van der Waals surface area contributed by atoms with Gasteiger partial charge >= 0.3 is 0 Å². The zero-order valence-electron chi connectivity index (χ0n) is 11.3. The van der Waals surface area contributed by atoms with Gasteiger partial charge in [-0.1, -0.05) is 57.9 Å². The largest absolute Gasteiger partial charge is 0.395 e. The molecule has 0 aliphatic rings. The molecular formula is C16H15BrClNO2. The predicted molar refractivity (Wildman–Crippen MR) is 87.4 cm³/mol. The van der Waals surface area contributed by atoms with Crippen molar-refractivity contribution in [1.82, 2.24) is 4.90 Å². The standard InChI is InChI=1S/C16H15BrClNO2/c17-13-6-7-14(15(18)10-13)16(21)19(8-9-20)11-12-4-2-1-3-5-12/h1-7,10,20H,8-9,11H2. The minimum absolute atomic E-state index is 0.0906. The third-order valence-corrected chi connectivity index (χ3v) is 3.84. The van der Waals surface area contributed by atoms with E-state index in [1.165, 1.54) is 0 Å². The first-order valence-corrected chi connectivity index (χ1v) is 7.68. The first-order chi connectivity index (χ1) is 10.1. The van der Waals surface area contributed by atoms with Gasteiger partial charge in [0.05, 0.1) is 17.2 Å². The molecule has 0 atom stereocenters. The molecule has 0 heterocycles. The number of hydrogen-bond acceptors (Lipinski definition) is 2. The van der Waals surface area contributed by atoms with Gasteiger partial charge in [-0.15, -0.1) is 0 Å².